The van der Waals surface area contributed by atoms with Gasteiger partial charge in [-0.15, -0.1) is 0 Å². The van der Waals surface area contributed by atoms with Crippen LogP contribution in [-0.2, 0) is 19.4 Å². The third kappa shape index (κ3) is 3.50. The van der Waals surface area contributed by atoms with Gasteiger partial charge in [0.2, 0.25) is 0 Å². The second-order valence-electron chi connectivity index (χ2n) is 5.53. The van der Waals surface area contributed by atoms with Crippen LogP contribution in [-0.4, -0.2) is 15.8 Å². The topological polar surface area (TPSA) is 29.9 Å². The Kier molecular flexibility index (Phi) is 5.12. The first kappa shape index (κ1) is 15.7. The van der Waals surface area contributed by atoms with Gasteiger partial charge in [0.1, 0.15) is 11.5 Å². The van der Waals surface area contributed by atoms with Crippen molar-refractivity contribution in [1.29, 1.82) is 0 Å². The molecule has 0 saturated carbocycles. The quantitative estimate of drug-likeness (QED) is 0.880. The van der Waals surface area contributed by atoms with E-state index >= 15 is 0 Å². The van der Waals surface area contributed by atoms with Crippen molar-refractivity contribution in [3.8, 4) is 5.69 Å². The van der Waals surface area contributed by atoms with E-state index in [0.717, 1.165) is 29.8 Å². The maximum absolute atomic E-state index is 14.4. The molecule has 2 rings (SSSR count). The highest BCUT2D eigenvalue weighted by Gasteiger charge is 2.15. The number of para-hydroxylation sites is 1. The van der Waals surface area contributed by atoms with Crippen LogP contribution in [0.1, 0.15) is 44.6 Å². The number of hydrogen-bond donors (Lipinski definition) is 1. The molecule has 0 fully saturated rings. The van der Waals surface area contributed by atoms with E-state index < -0.39 is 0 Å². The molecule has 1 N–H and O–H groups in total. The zero-order valence-corrected chi connectivity index (χ0v) is 13.3. The smallest absolute Gasteiger partial charge is 0.149 e. The van der Waals surface area contributed by atoms with Gasteiger partial charge in [-0.05, 0) is 30.5 Å². The second-order valence-corrected chi connectivity index (χ2v) is 5.53. The number of nitrogens with zero attached hydrogens (tertiary/aromatic N) is 2. The molecular weight excluding hydrogens is 265 g/mol. The molecule has 0 aliphatic rings. The molecule has 0 amide bonds. The molecule has 21 heavy (non-hydrogen) atoms. The highest BCUT2D eigenvalue weighted by atomic mass is 19.1. The van der Waals surface area contributed by atoms with Gasteiger partial charge in [0, 0.05) is 18.3 Å². The number of benzene rings is 1. The van der Waals surface area contributed by atoms with E-state index in [1.54, 1.807) is 10.7 Å². The van der Waals surface area contributed by atoms with Crippen molar-refractivity contribution in [3.63, 3.8) is 0 Å². The van der Waals surface area contributed by atoms with Crippen molar-refractivity contribution in [2.75, 3.05) is 0 Å². The van der Waals surface area contributed by atoms with Gasteiger partial charge in [0.25, 0.3) is 0 Å². The molecule has 0 atom stereocenters. The minimum Gasteiger partial charge on any atom is -0.310 e. The molecule has 2 aromatic rings. The van der Waals surface area contributed by atoms with E-state index in [-0.39, 0.29) is 5.82 Å². The molecule has 0 radical (unpaired) electrons. The fourth-order valence-corrected chi connectivity index (χ4v) is 2.35. The molecule has 3 nitrogen and oxygen atoms in total. The Morgan fingerprint density at radius 2 is 2.00 bits per heavy atom. The average molecular weight is 289 g/mol. The van der Waals surface area contributed by atoms with E-state index in [1.807, 2.05) is 6.07 Å². The summed E-state index contributed by atoms with van der Waals surface area (Å²) < 4.78 is 16.2. The largest absolute Gasteiger partial charge is 0.310 e. The summed E-state index contributed by atoms with van der Waals surface area (Å²) in [6.07, 6.45) is 1.69. The fourth-order valence-electron chi connectivity index (χ4n) is 2.35. The predicted molar refractivity (Wildman–Crippen MR) is 84.3 cm³/mol. The minimum absolute atomic E-state index is 0.224. The van der Waals surface area contributed by atoms with Gasteiger partial charge in [-0.3, -0.25) is 0 Å². The van der Waals surface area contributed by atoms with Gasteiger partial charge in [-0.1, -0.05) is 39.8 Å². The van der Waals surface area contributed by atoms with Crippen LogP contribution in [0.5, 0.6) is 0 Å². The Bertz CT molecular complexity index is 602. The Morgan fingerprint density at radius 1 is 1.24 bits per heavy atom. The molecule has 0 aliphatic heterocycles. The average Bonchev–Trinajstić information content (AvgIpc) is 2.88. The standard InChI is InChI=1S/C17H24FN3/c1-5-14-10-15(6-2)21(20-14)17-13(11-19-12(3)4)8-7-9-16(17)18/h7-10,12,19H,5-6,11H2,1-4H3. The third-order valence-corrected chi connectivity index (χ3v) is 3.54. The summed E-state index contributed by atoms with van der Waals surface area (Å²) >= 11 is 0. The molecule has 1 aromatic carbocycles. The van der Waals surface area contributed by atoms with E-state index in [1.165, 1.54) is 6.07 Å². The number of aryl methyl sites for hydroxylation is 2. The van der Waals surface area contributed by atoms with Crippen LogP contribution in [0, 0.1) is 5.82 Å². The van der Waals surface area contributed by atoms with Crippen molar-refractivity contribution < 1.29 is 4.39 Å². The Hall–Kier alpha value is -1.68. The Balaban J connectivity index is 2.49. The Morgan fingerprint density at radius 3 is 2.62 bits per heavy atom. The first-order chi connectivity index (χ1) is 10.1. The zero-order chi connectivity index (χ0) is 15.4. The number of aromatic nitrogens is 2. The van der Waals surface area contributed by atoms with Crippen molar-refractivity contribution in [2.45, 2.75) is 53.1 Å². The van der Waals surface area contributed by atoms with Crippen molar-refractivity contribution in [3.05, 3.63) is 47.0 Å². The van der Waals surface area contributed by atoms with Crippen molar-refractivity contribution in [2.24, 2.45) is 0 Å². The van der Waals surface area contributed by atoms with Crippen LogP contribution in [0.15, 0.2) is 24.3 Å². The van der Waals surface area contributed by atoms with Gasteiger partial charge < -0.3 is 5.32 Å². The van der Waals surface area contributed by atoms with E-state index in [9.17, 15) is 4.39 Å². The van der Waals surface area contributed by atoms with Gasteiger partial charge in [-0.2, -0.15) is 5.10 Å². The van der Waals surface area contributed by atoms with Gasteiger partial charge in [-0.25, -0.2) is 9.07 Å². The number of rotatable bonds is 6. The summed E-state index contributed by atoms with van der Waals surface area (Å²) in [7, 11) is 0. The third-order valence-electron chi connectivity index (χ3n) is 3.54. The monoisotopic (exact) mass is 289 g/mol. The fraction of sp³-hybridized carbons (Fsp3) is 0.471. The van der Waals surface area contributed by atoms with E-state index in [2.05, 4.69) is 44.2 Å². The van der Waals surface area contributed by atoms with Gasteiger partial charge in [0.15, 0.2) is 0 Å². The molecule has 4 heteroatoms. The van der Waals surface area contributed by atoms with Gasteiger partial charge >= 0.3 is 0 Å². The summed E-state index contributed by atoms with van der Waals surface area (Å²) in [6.45, 7) is 8.93. The van der Waals surface area contributed by atoms with Crippen LogP contribution in [0.3, 0.4) is 0 Å². The molecule has 1 heterocycles. The van der Waals surface area contributed by atoms with Crippen LogP contribution < -0.4 is 5.32 Å². The molecule has 114 valence electrons. The molecule has 0 saturated heterocycles. The summed E-state index contributed by atoms with van der Waals surface area (Å²) in [4.78, 5) is 0. The molecule has 0 spiro atoms. The maximum Gasteiger partial charge on any atom is 0.149 e. The lowest BCUT2D eigenvalue weighted by Crippen LogP contribution is -2.23. The van der Waals surface area contributed by atoms with Crippen LogP contribution in [0.4, 0.5) is 4.39 Å². The molecule has 0 unspecified atom stereocenters. The first-order valence-electron chi connectivity index (χ1n) is 7.65. The lowest BCUT2D eigenvalue weighted by molar-refractivity contribution is 0.570. The van der Waals surface area contributed by atoms with Crippen LogP contribution >= 0.6 is 0 Å². The van der Waals surface area contributed by atoms with Crippen molar-refractivity contribution in [1.82, 2.24) is 15.1 Å². The van der Waals surface area contributed by atoms with Crippen LogP contribution in [0.2, 0.25) is 0 Å². The molecular formula is C17H24FN3. The SMILES string of the molecule is CCc1cc(CC)n(-c2c(F)cccc2CNC(C)C)n1. The number of halogens is 1. The highest BCUT2D eigenvalue weighted by molar-refractivity contribution is 5.43. The summed E-state index contributed by atoms with van der Waals surface area (Å²) in [5.41, 5.74) is 3.55. The Labute approximate surface area is 126 Å². The molecule has 0 bridgehead atoms. The molecule has 0 aliphatic carbocycles. The lowest BCUT2D eigenvalue weighted by atomic mass is 10.1. The van der Waals surface area contributed by atoms with Gasteiger partial charge in [0.05, 0.1) is 5.69 Å². The predicted octanol–water partition coefficient (Wildman–Crippen LogP) is 3.63. The maximum atomic E-state index is 14.4. The van der Waals surface area contributed by atoms with E-state index in [0.29, 0.717) is 18.3 Å². The second kappa shape index (κ2) is 6.85. The zero-order valence-electron chi connectivity index (χ0n) is 13.3. The number of hydrogen-bond acceptors (Lipinski definition) is 2. The summed E-state index contributed by atoms with van der Waals surface area (Å²) in [5.74, 6) is -0.224. The normalized spacial score (nSPS) is 11.3. The minimum atomic E-state index is -0.224. The number of nitrogens with one attached hydrogen (secondary N) is 1. The van der Waals surface area contributed by atoms with Crippen molar-refractivity contribution >= 4 is 0 Å². The van der Waals surface area contributed by atoms with Crippen LogP contribution in [0.25, 0.3) is 5.69 Å². The summed E-state index contributed by atoms with van der Waals surface area (Å²) in [5, 5.41) is 7.92. The lowest BCUT2D eigenvalue weighted by Gasteiger charge is -2.15. The van der Waals surface area contributed by atoms with E-state index in [4.69, 9.17) is 0 Å². The first-order valence-corrected chi connectivity index (χ1v) is 7.65. The molecule has 1 aromatic heterocycles. The summed E-state index contributed by atoms with van der Waals surface area (Å²) in [6, 6.07) is 7.63. The highest BCUT2D eigenvalue weighted by Crippen LogP contribution is 2.21.